The van der Waals surface area contributed by atoms with Crippen LogP contribution >= 0.6 is 22.9 Å². The van der Waals surface area contributed by atoms with Crippen LogP contribution < -0.4 is 15.0 Å². The number of H-pyrrole nitrogens is 1. The van der Waals surface area contributed by atoms with Gasteiger partial charge in [0.1, 0.15) is 10.7 Å². The summed E-state index contributed by atoms with van der Waals surface area (Å²) in [6, 6.07) is 11.2. The zero-order valence-corrected chi connectivity index (χ0v) is 18.0. The molecule has 0 bridgehead atoms. The fourth-order valence-electron chi connectivity index (χ4n) is 3.39. The fourth-order valence-corrected chi connectivity index (χ4v) is 4.55. The first-order valence-corrected chi connectivity index (χ1v) is 10.1. The Morgan fingerprint density at radius 3 is 2.41 bits per heavy atom. The summed E-state index contributed by atoms with van der Waals surface area (Å²) in [5, 5.41) is 1.30. The van der Waals surface area contributed by atoms with Crippen LogP contribution in [0.3, 0.4) is 0 Å². The summed E-state index contributed by atoms with van der Waals surface area (Å²) in [7, 11) is 3.15. The Morgan fingerprint density at radius 2 is 1.72 bits per heavy atom. The molecule has 29 heavy (non-hydrogen) atoms. The van der Waals surface area contributed by atoms with E-state index in [0.717, 1.165) is 27.1 Å². The lowest BCUT2D eigenvalue weighted by atomic mass is 10.0. The predicted molar refractivity (Wildman–Crippen MR) is 119 cm³/mol. The first kappa shape index (κ1) is 19.5. The monoisotopic (exact) mass is 426 g/mol. The van der Waals surface area contributed by atoms with Crippen molar-refractivity contribution in [3.63, 3.8) is 0 Å². The minimum Gasteiger partial charge on any atom is -0.493 e. The second-order valence-corrected chi connectivity index (χ2v) is 8.27. The highest BCUT2D eigenvalue weighted by molar-refractivity contribution is 7.19. The minimum absolute atomic E-state index is 0.174. The number of ether oxygens (including phenoxy) is 2. The van der Waals surface area contributed by atoms with Crippen LogP contribution in [0.15, 0.2) is 41.2 Å². The second kappa shape index (κ2) is 7.54. The van der Waals surface area contributed by atoms with Gasteiger partial charge in [0.2, 0.25) is 0 Å². The summed E-state index contributed by atoms with van der Waals surface area (Å²) in [5.41, 5.74) is 3.40. The smallest absolute Gasteiger partial charge is 0.260 e. The Hall–Kier alpha value is -2.83. The molecule has 0 aliphatic heterocycles. The first-order chi connectivity index (χ1) is 13.9. The Morgan fingerprint density at radius 1 is 1.00 bits per heavy atom. The topological polar surface area (TPSA) is 64.2 Å². The van der Waals surface area contributed by atoms with Crippen molar-refractivity contribution in [2.45, 2.75) is 13.8 Å². The molecule has 0 aliphatic rings. The normalized spacial score (nSPS) is 11.1. The average Bonchev–Trinajstić information content (AvgIpc) is 3.05. The largest absolute Gasteiger partial charge is 0.493 e. The number of methoxy groups -OCH3 is 2. The molecule has 148 valence electrons. The van der Waals surface area contributed by atoms with Crippen molar-refractivity contribution >= 4 is 33.2 Å². The van der Waals surface area contributed by atoms with Crippen LogP contribution in [0.4, 0.5) is 0 Å². The van der Waals surface area contributed by atoms with Crippen LogP contribution in [0.1, 0.15) is 10.4 Å². The molecule has 4 rings (SSSR count). The van der Waals surface area contributed by atoms with Gasteiger partial charge >= 0.3 is 0 Å². The van der Waals surface area contributed by atoms with Gasteiger partial charge in [-0.1, -0.05) is 17.7 Å². The lowest BCUT2D eigenvalue weighted by Crippen LogP contribution is -2.09. The van der Waals surface area contributed by atoms with Crippen molar-refractivity contribution in [1.29, 1.82) is 0 Å². The van der Waals surface area contributed by atoms with E-state index in [2.05, 4.69) is 4.98 Å². The first-order valence-electron chi connectivity index (χ1n) is 8.95. The number of fused-ring (bicyclic) bond motifs is 1. The summed E-state index contributed by atoms with van der Waals surface area (Å²) in [6.07, 6.45) is 0. The third-order valence-electron chi connectivity index (χ3n) is 4.84. The molecular formula is C22H19ClN2O3S. The van der Waals surface area contributed by atoms with Gasteiger partial charge in [-0.2, -0.15) is 0 Å². The van der Waals surface area contributed by atoms with Gasteiger partial charge in [0.15, 0.2) is 11.5 Å². The number of benzene rings is 2. The van der Waals surface area contributed by atoms with Gasteiger partial charge in [-0.05, 0) is 55.3 Å². The standard InChI is InChI=1S/C22H19ClN2O3S/c1-11-9-13(5-7-15(11)23)18-12(2)29-22-19(18)21(26)24-20(25-22)14-6-8-16(27-3)17(10-14)28-4/h5-10H,1-4H3,(H,24,25,26). The molecule has 2 aromatic heterocycles. The zero-order valence-electron chi connectivity index (χ0n) is 16.4. The van der Waals surface area contributed by atoms with Crippen LogP contribution in [-0.4, -0.2) is 24.2 Å². The second-order valence-electron chi connectivity index (χ2n) is 6.66. The van der Waals surface area contributed by atoms with Crippen LogP contribution in [0.2, 0.25) is 5.02 Å². The van der Waals surface area contributed by atoms with Gasteiger partial charge in [0.05, 0.1) is 19.6 Å². The number of nitrogens with zero attached hydrogens (tertiary/aromatic N) is 1. The predicted octanol–water partition coefficient (Wildman–Crippen LogP) is 5.61. The molecular weight excluding hydrogens is 408 g/mol. The molecule has 0 saturated carbocycles. The minimum atomic E-state index is -0.174. The van der Waals surface area contributed by atoms with E-state index in [9.17, 15) is 4.79 Å². The number of thiophene rings is 1. The molecule has 0 fully saturated rings. The van der Waals surface area contributed by atoms with Gasteiger partial charge < -0.3 is 14.5 Å². The third kappa shape index (κ3) is 3.39. The van der Waals surface area contributed by atoms with Crippen LogP contribution in [0.25, 0.3) is 32.7 Å². The molecule has 1 N–H and O–H groups in total. The molecule has 0 aliphatic carbocycles. The van der Waals surface area contributed by atoms with Crippen molar-refractivity contribution in [2.75, 3.05) is 14.2 Å². The Labute approximate surface area is 176 Å². The van der Waals surface area contributed by atoms with Gasteiger partial charge in [-0.3, -0.25) is 4.79 Å². The van der Waals surface area contributed by atoms with Crippen molar-refractivity contribution in [1.82, 2.24) is 9.97 Å². The quantitative estimate of drug-likeness (QED) is 0.461. The molecule has 7 heteroatoms. The third-order valence-corrected chi connectivity index (χ3v) is 6.26. The van der Waals surface area contributed by atoms with Crippen LogP contribution in [0, 0.1) is 13.8 Å². The molecule has 0 amide bonds. The lowest BCUT2D eigenvalue weighted by Gasteiger charge is -2.09. The van der Waals surface area contributed by atoms with E-state index in [1.165, 1.54) is 11.3 Å². The number of nitrogens with one attached hydrogen (secondary N) is 1. The van der Waals surface area contributed by atoms with Crippen molar-refractivity contribution in [3.05, 3.63) is 62.2 Å². The highest BCUT2D eigenvalue weighted by atomic mass is 35.5. The number of halogens is 1. The molecule has 2 aromatic carbocycles. The summed E-state index contributed by atoms with van der Waals surface area (Å²) >= 11 is 7.67. The molecule has 0 radical (unpaired) electrons. The van der Waals surface area contributed by atoms with E-state index >= 15 is 0 Å². The van der Waals surface area contributed by atoms with Gasteiger partial charge in [0.25, 0.3) is 5.56 Å². The molecule has 0 atom stereocenters. The van der Waals surface area contributed by atoms with E-state index < -0.39 is 0 Å². The van der Waals surface area contributed by atoms with E-state index in [0.29, 0.717) is 32.6 Å². The van der Waals surface area contributed by atoms with Crippen LogP contribution in [0.5, 0.6) is 11.5 Å². The SMILES string of the molecule is COc1ccc(-c2nc3sc(C)c(-c4ccc(Cl)c(C)c4)c3c(=O)[nH]2)cc1OC. The molecule has 2 heterocycles. The Balaban J connectivity index is 1.90. The maximum Gasteiger partial charge on any atom is 0.260 e. The molecule has 5 nitrogen and oxygen atoms in total. The number of hydrogen-bond donors (Lipinski definition) is 1. The van der Waals surface area contributed by atoms with Gasteiger partial charge in [-0.15, -0.1) is 11.3 Å². The maximum absolute atomic E-state index is 13.0. The number of aryl methyl sites for hydroxylation is 2. The van der Waals surface area contributed by atoms with Crippen molar-refractivity contribution in [2.24, 2.45) is 0 Å². The van der Waals surface area contributed by atoms with E-state index in [-0.39, 0.29) is 5.56 Å². The number of aromatic amines is 1. The Kier molecular flexibility index (Phi) is 5.06. The summed E-state index contributed by atoms with van der Waals surface area (Å²) < 4.78 is 10.6. The maximum atomic E-state index is 13.0. The highest BCUT2D eigenvalue weighted by Crippen LogP contribution is 2.38. The molecule has 0 saturated heterocycles. The zero-order chi connectivity index (χ0) is 20.7. The van der Waals surface area contributed by atoms with Crippen LogP contribution in [-0.2, 0) is 0 Å². The summed E-state index contributed by atoms with van der Waals surface area (Å²) in [6.45, 7) is 3.95. The van der Waals surface area contributed by atoms with E-state index in [1.807, 2.05) is 38.1 Å². The van der Waals surface area contributed by atoms with E-state index in [1.54, 1.807) is 26.4 Å². The highest BCUT2D eigenvalue weighted by Gasteiger charge is 2.18. The molecule has 0 unspecified atom stereocenters. The molecule has 0 spiro atoms. The number of aromatic nitrogens is 2. The Bertz CT molecular complexity index is 1290. The van der Waals surface area contributed by atoms with Crippen molar-refractivity contribution < 1.29 is 9.47 Å². The number of hydrogen-bond acceptors (Lipinski definition) is 5. The molecule has 4 aromatic rings. The fraction of sp³-hybridized carbons (Fsp3) is 0.182. The van der Waals surface area contributed by atoms with Gasteiger partial charge in [0, 0.05) is 21.0 Å². The van der Waals surface area contributed by atoms with E-state index in [4.69, 9.17) is 26.1 Å². The summed E-state index contributed by atoms with van der Waals surface area (Å²) in [5.74, 6) is 1.68. The summed E-state index contributed by atoms with van der Waals surface area (Å²) in [4.78, 5) is 22.4. The average molecular weight is 427 g/mol. The number of rotatable bonds is 4. The van der Waals surface area contributed by atoms with Crippen molar-refractivity contribution in [3.8, 4) is 34.0 Å². The van der Waals surface area contributed by atoms with Gasteiger partial charge in [-0.25, -0.2) is 4.98 Å². The lowest BCUT2D eigenvalue weighted by molar-refractivity contribution is 0.355.